The fraction of sp³-hybridized carbons (Fsp3) is 0.0952. The van der Waals surface area contributed by atoms with Crippen LogP contribution in [0.3, 0.4) is 0 Å². The molecule has 148 valence electrons. The fourth-order valence-electron chi connectivity index (χ4n) is 2.87. The highest BCUT2D eigenvalue weighted by atomic mass is 32.2. The van der Waals surface area contributed by atoms with Gasteiger partial charge in [0.25, 0.3) is 15.7 Å². The van der Waals surface area contributed by atoms with Crippen LogP contribution in [0.5, 0.6) is 0 Å². The van der Waals surface area contributed by atoms with Crippen LogP contribution in [0.4, 0.5) is 5.69 Å². The molecule has 3 aromatic rings. The van der Waals surface area contributed by atoms with E-state index in [0.717, 1.165) is 17.2 Å². The van der Waals surface area contributed by atoms with Crippen LogP contribution in [-0.4, -0.2) is 19.6 Å². The maximum atomic E-state index is 12.5. The molecule has 0 aliphatic carbocycles. The Labute approximate surface area is 168 Å². The molecule has 0 atom stereocenters. The molecule has 0 saturated carbocycles. The molecule has 0 heterocycles. The van der Waals surface area contributed by atoms with Crippen LogP contribution >= 0.6 is 0 Å². The van der Waals surface area contributed by atoms with Gasteiger partial charge in [0.15, 0.2) is 0 Å². The zero-order valence-electron chi connectivity index (χ0n) is 15.6. The lowest BCUT2D eigenvalue weighted by Gasteiger charge is -2.13. The molecule has 29 heavy (non-hydrogen) atoms. The molecule has 3 rings (SSSR count). The maximum Gasteiger partial charge on any atom is 0.276 e. The van der Waals surface area contributed by atoms with E-state index in [0.29, 0.717) is 5.56 Å². The quantitative estimate of drug-likeness (QED) is 0.362. The second-order valence-electron chi connectivity index (χ2n) is 6.38. The molecule has 1 N–H and O–H groups in total. The molecule has 0 fully saturated rings. The summed E-state index contributed by atoms with van der Waals surface area (Å²) in [5.41, 5.74) is 2.02. The van der Waals surface area contributed by atoms with Gasteiger partial charge in [-0.05, 0) is 24.1 Å². The van der Waals surface area contributed by atoms with E-state index in [2.05, 4.69) is 9.93 Å². The summed E-state index contributed by atoms with van der Waals surface area (Å²) in [5.74, 6) is -0.257. The predicted octanol–water partition coefficient (Wildman–Crippen LogP) is 4.00. The molecular formula is C21H19N3O4S. The number of nitrogens with one attached hydrogen (secondary N) is 1. The Morgan fingerprint density at radius 3 is 2.03 bits per heavy atom. The highest BCUT2D eigenvalue weighted by molar-refractivity contribution is 7.89. The van der Waals surface area contributed by atoms with Crippen LogP contribution in [0.25, 0.3) is 0 Å². The van der Waals surface area contributed by atoms with Gasteiger partial charge in [0, 0.05) is 23.8 Å². The van der Waals surface area contributed by atoms with Crippen LogP contribution < -0.4 is 4.83 Å². The summed E-state index contributed by atoms with van der Waals surface area (Å²) in [7, 11) is -4.05. The normalized spacial score (nSPS) is 11.7. The average Bonchev–Trinajstić information content (AvgIpc) is 2.72. The van der Waals surface area contributed by atoms with Crippen molar-refractivity contribution in [3.63, 3.8) is 0 Å². The van der Waals surface area contributed by atoms with Gasteiger partial charge >= 0.3 is 0 Å². The van der Waals surface area contributed by atoms with Crippen molar-refractivity contribution in [2.75, 3.05) is 0 Å². The third-order valence-electron chi connectivity index (χ3n) is 4.40. The minimum Gasteiger partial charge on any atom is -0.258 e. The first-order valence-electron chi connectivity index (χ1n) is 8.78. The van der Waals surface area contributed by atoms with E-state index in [4.69, 9.17) is 0 Å². The van der Waals surface area contributed by atoms with Crippen molar-refractivity contribution < 1.29 is 13.3 Å². The van der Waals surface area contributed by atoms with Crippen molar-refractivity contribution in [1.82, 2.24) is 4.83 Å². The van der Waals surface area contributed by atoms with Crippen LogP contribution in [0, 0.1) is 17.0 Å². The molecule has 0 amide bonds. The SMILES string of the molecule is Cc1ccc(S(=O)(=O)NN=CC(c2ccccc2)c2ccccc2)cc1[N+](=O)[O-]. The average molecular weight is 409 g/mol. The molecule has 0 radical (unpaired) electrons. The zero-order valence-corrected chi connectivity index (χ0v) is 16.4. The Hall–Kier alpha value is -3.52. The fourth-order valence-corrected chi connectivity index (χ4v) is 3.68. The molecule has 0 bridgehead atoms. The Morgan fingerprint density at radius 2 is 1.52 bits per heavy atom. The Kier molecular flexibility index (Phi) is 6.04. The van der Waals surface area contributed by atoms with Gasteiger partial charge in [0.1, 0.15) is 0 Å². The van der Waals surface area contributed by atoms with Gasteiger partial charge in [-0.1, -0.05) is 66.7 Å². The standard InChI is InChI=1S/C21H19N3O4S/c1-16-12-13-19(14-21(16)24(25)26)29(27,28)23-22-15-20(17-8-4-2-5-9-17)18-10-6-3-7-11-18/h2-15,20,23H,1H3. The number of aryl methyl sites for hydroxylation is 1. The number of sulfonamides is 1. The van der Waals surface area contributed by atoms with E-state index < -0.39 is 14.9 Å². The Morgan fingerprint density at radius 1 is 0.966 bits per heavy atom. The number of hydrogen-bond acceptors (Lipinski definition) is 5. The molecular weight excluding hydrogens is 390 g/mol. The lowest BCUT2D eigenvalue weighted by Crippen LogP contribution is -2.19. The van der Waals surface area contributed by atoms with Gasteiger partial charge in [-0.2, -0.15) is 13.5 Å². The number of nitro benzene ring substituents is 1. The number of benzene rings is 3. The summed E-state index contributed by atoms with van der Waals surface area (Å²) < 4.78 is 25.1. The number of hydrogen-bond donors (Lipinski definition) is 1. The van der Waals surface area contributed by atoms with Gasteiger partial charge in [0.2, 0.25) is 0 Å². The first kappa shape index (κ1) is 20.2. The van der Waals surface area contributed by atoms with Gasteiger partial charge in [-0.25, -0.2) is 4.83 Å². The van der Waals surface area contributed by atoms with E-state index >= 15 is 0 Å². The van der Waals surface area contributed by atoms with Gasteiger partial charge in [0.05, 0.1) is 9.82 Å². The predicted molar refractivity (Wildman–Crippen MR) is 111 cm³/mol. The van der Waals surface area contributed by atoms with Crippen molar-refractivity contribution in [3.05, 3.63) is 106 Å². The van der Waals surface area contributed by atoms with E-state index in [1.807, 2.05) is 60.7 Å². The van der Waals surface area contributed by atoms with Crippen molar-refractivity contribution in [3.8, 4) is 0 Å². The highest BCUT2D eigenvalue weighted by Gasteiger charge is 2.19. The second kappa shape index (κ2) is 8.66. The number of nitro groups is 1. The molecule has 0 unspecified atom stereocenters. The maximum absolute atomic E-state index is 12.5. The van der Waals surface area contributed by atoms with E-state index in [9.17, 15) is 18.5 Å². The molecule has 0 spiro atoms. The van der Waals surface area contributed by atoms with Gasteiger partial charge in [-0.15, -0.1) is 0 Å². The number of rotatable bonds is 7. The number of nitrogens with zero attached hydrogens (tertiary/aromatic N) is 2. The summed E-state index contributed by atoms with van der Waals surface area (Å²) in [6.45, 7) is 1.55. The number of hydrazone groups is 1. The topological polar surface area (TPSA) is 102 Å². The summed E-state index contributed by atoms with van der Waals surface area (Å²) >= 11 is 0. The van der Waals surface area contributed by atoms with Crippen LogP contribution in [0.15, 0.2) is 88.9 Å². The minimum atomic E-state index is -4.05. The van der Waals surface area contributed by atoms with E-state index in [1.165, 1.54) is 18.3 Å². The lowest BCUT2D eigenvalue weighted by atomic mass is 9.92. The smallest absolute Gasteiger partial charge is 0.258 e. The van der Waals surface area contributed by atoms with Crippen LogP contribution in [0.2, 0.25) is 0 Å². The second-order valence-corrected chi connectivity index (χ2v) is 8.04. The minimum absolute atomic E-state index is 0.220. The summed E-state index contributed by atoms with van der Waals surface area (Å²) in [4.78, 5) is 12.4. The Balaban J connectivity index is 1.87. The zero-order chi connectivity index (χ0) is 20.9. The molecule has 0 aliphatic heterocycles. The molecule has 8 heteroatoms. The monoisotopic (exact) mass is 409 g/mol. The first-order valence-corrected chi connectivity index (χ1v) is 10.3. The summed E-state index contributed by atoms with van der Waals surface area (Å²) in [6.07, 6.45) is 1.50. The van der Waals surface area contributed by atoms with Crippen LogP contribution in [0.1, 0.15) is 22.6 Å². The van der Waals surface area contributed by atoms with Crippen LogP contribution in [-0.2, 0) is 10.0 Å². The third-order valence-corrected chi connectivity index (χ3v) is 5.62. The highest BCUT2D eigenvalue weighted by Crippen LogP contribution is 2.24. The summed E-state index contributed by atoms with van der Waals surface area (Å²) in [6, 6.07) is 22.8. The van der Waals surface area contributed by atoms with Crippen molar-refractivity contribution in [1.29, 1.82) is 0 Å². The summed E-state index contributed by atoms with van der Waals surface area (Å²) in [5, 5.41) is 15.0. The van der Waals surface area contributed by atoms with Gasteiger partial charge < -0.3 is 0 Å². The molecule has 3 aromatic carbocycles. The first-order chi connectivity index (χ1) is 13.9. The van der Waals surface area contributed by atoms with E-state index in [-0.39, 0.29) is 16.5 Å². The van der Waals surface area contributed by atoms with Gasteiger partial charge in [-0.3, -0.25) is 10.1 Å². The molecule has 7 nitrogen and oxygen atoms in total. The third kappa shape index (κ3) is 4.85. The van der Waals surface area contributed by atoms with Crippen molar-refractivity contribution in [2.45, 2.75) is 17.7 Å². The van der Waals surface area contributed by atoms with Crippen molar-refractivity contribution in [2.24, 2.45) is 5.10 Å². The van der Waals surface area contributed by atoms with E-state index in [1.54, 1.807) is 6.92 Å². The molecule has 0 aromatic heterocycles. The lowest BCUT2D eigenvalue weighted by molar-refractivity contribution is -0.385. The molecule has 0 saturated heterocycles. The Bertz CT molecular complexity index is 1090. The van der Waals surface area contributed by atoms with Crippen molar-refractivity contribution >= 4 is 21.9 Å². The molecule has 0 aliphatic rings. The largest absolute Gasteiger partial charge is 0.276 e.